The SMILES string of the molecule is Cc1ccc(-c2nnn(CC(=O)N(c3ccccc3C)[C@H](C(=O)NC3CCCC3)c3cccs3)n2)o1. The number of para-hydroxylation sites is 1. The van der Waals surface area contributed by atoms with Crippen molar-refractivity contribution in [3.05, 3.63) is 70.1 Å². The summed E-state index contributed by atoms with van der Waals surface area (Å²) in [5, 5.41) is 17.6. The maximum absolute atomic E-state index is 13.9. The van der Waals surface area contributed by atoms with Gasteiger partial charge in [-0.15, -0.1) is 21.5 Å². The van der Waals surface area contributed by atoms with Crippen molar-refractivity contribution in [1.29, 1.82) is 0 Å². The summed E-state index contributed by atoms with van der Waals surface area (Å²) in [5.74, 6) is 1.01. The average Bonchev–Trinajstić information content (AvgIpc) is 3.66. The highest BCUT2D eigenvalue weighted by Crippen LogP contribution is 2.33. The molecule has 0 radical (unpaired) electrons. The molecule has 1 aromatic carbocycles. The number of carbonyl (C=O) groups is 2. The van der Waals surface area contributed by atoms with Crippen molar-refractivity contribution in [2.24, 2.45) is 0 Å². The topological polar surface area (TPSA) is 106 Å². The van der Waals surface area contributed by atoms with E-state index in [4.69, 9.17) is 4.42 Å². The second-order valence-electron chi connectivity index (χ2n) is 9.01. The minimum Gasteiger partial charge on any atom is -0.458 e. The minimum absolute atomic E-state index is 0.130. The molecule has 3 heterocycles. The van der Waals surface area contributed by atoms with E-state index in [1.807, 2.05) is 61.7 Å². The lowest BCUT2D eigenvalue weighted by Gasteiger charge is -2.32. The van der Waals surface area contributed by atoms with Crippen LogP contribution in [0.5, 0.6) is 0 Å². The third-order valence-corrected chi connectivity index (χ3v) is 7.28. The van der Waals surface area contributed by atoms with E-state index in [1.54, 1.807) is 11.0 Å². The van der Waals surface area contributed by atoms with Crippen LogP contribution in [0.2, 0.25) is 0 Å². The molecule has 1 fully saturated rings. The fourth-order valence-electron chi connectivity index (χ4n) is 4.58. The van der Waals surface area contributed by atoms with Crippen molar-refractivity contribution in [3.63, 3.8) is 0 Å². The molecule has 186 valence electrons. The Morgan fingerprint density at radius 1 is 1.14 bits per heavy atom. The van der Waals surface area contributed by atoms with Gasteiger partial charge in [-0.05, 0) is 67.1 Å². The molecule has 1 atom stereocenters. The van der Waals surface area contributed by atoms with Gasteiger partial charge in [0.1, 0.15) is 18.3 Å². The zero-order valence-electron chi connectivity index (χ0n) is 20.3. The summed E-state index contributed by atoms with van der Waals surface area (Å²) in [7, 11) is 0. The Bertz CT molecular complexity index is 1340. The number of benzene rings is 1. The summed E-state index contributed by atoms with van der Waals surface area (Å²) in [6.07, 6.45) is 4.12. The summed E-state index contributed by atoms with van der Waals surface area (Å²) in [4.78, 5) is 31.2. The quantitative estimate of drug-likeness (QED) is 0.380. The van der Waals surface area contributed by atoms with Gasteiger partial charge in [0.25, 0.3) is 5.91 Å². The molecule has 1 N–H and O–H groups in total. The summed E-state index contributed by atoms with van der Waals surface area (Å²) in [6, 6.07) is 14.3. The fourth-order valence-corrected chi connectivity index (χ4v) is 5.40. The lowest BCUT2D eigenvalue weighted by atomic mass is 10.1. The first-order chi connectivity index (χ1) is 17.5. The predicted molar refractivity (Wildman–Crippen MR) is 136 cm³/mol. The number of furan rings is 1. The van der Waals surface area contributed by atoms with E-state index >= 15 is 0 Å². The van der Waals surface area contributed by atoms with E-state index in [9.17, 15) is 9.59 Å². The molecule has 0 bridgehead atoms. The number of aryl methyl sites for hydroxylation is 2. The third kappa shape index (κ3) is 5.08. The van der Waals surface area contributed by atoms with E-state index < -0.39 is 6.04 Å². The van der Waals surface area contributed by atoms with Crippen molar-refractivity contribution < 1.29 is 14.0 Å². The highest BCUT2D eigenvalue weighted by molar-refractivity contribution is 7.10. The number of anilines is 1. The second-order valence-corrected chi connectivity index (χ2v) is 9.99. The smallest absolute Gasteiger partial charge is 0.251 e. The van der Waals surface area contributed by atoms with Crippen molar-refractivity contribution in [2.75, 3.05) is 4.90 Å². The Morgan fingerprint density at radius 3 is 2.64 bits per heavy atom. The number of aromatic nitrogens is 4. The van der Waals surface area contributed by atoms with Gasteiger partial charge in [0.2, 0.25) is 11.7 Å². The lowest BCUT2D eigenvalue weighted by Crippen LogP contribution is -2.47. The minimum atomic E-state index is -0.810. The number of amides is 2. The van der Waals surface area contributed by atoms with Crippen LogP contribution in [-0.2, 0) is 16.1 Å². The molecule has 9 nitrogen and oxygen atoms in total. The van der Waals surface area contributed by atoms with Gasteiger partial charge in [-0.2, -0.15) is 4.80 Å². The Balaban J connectivity index is 1.48. The first-order valence-corrected chi connectivity index (χ1v) is 12.9. The second kappa shape index (κ2) is 10.4. The van der Waals surface area contributed by atoms with E-state index in [-0.39, 0.29) is 24.4 Å². The molecular weight excluding hydrogens is 476 g/mol. The Kier molecular flexibility index (Phi) is 6.95. The normalized spacial score (nSPS) is 14.6. The summed E-state index contributed by atoms with van der Waals surface area (Å²) in [5.41, 5.74) is 1.56. The maximum Gasteiger partial charge on any atom is 0.251 e. The first kappa shape index (κ1) is 23.9. The number of nitrogens with one attached hydrogen (secondary N) is 1. The Hall–Kier alpha value is -3.79. The van der Waals surface area contributed by atoms with Crippen LogP contribution in [0.4, 0.5) is 5.69 Å². The molecule has 0 saturated heterocycles. The molecule has 4 aromatic rings. The highest BCUT2D eigenvalue weighted by atomic mass is 32.1. The van der Waals surface area contributed by atoms with Gasteiger partial charge in [0, 0.05) is 16.6 Å². The van der Waals surface area contributed by atoms with Crippen LogP contribution in [0.25, 0.3) is 11.6 Å². The van der Waals surface area contributed by atoms with Gasteiger partial charge in [-0.3, -0.25) is 14.5 Å². The van der Waals surface area contributed by atoms with Gasteiger partial charge >= 0.3 is 0 Å². The van der Waals surface area contributed by atoms with Crippen molar-refractivity contribution in [3.8, 4) is 11.6 Å². The largest absolute Gasteiger partial charge is 0.458 e. The molecule has 0 unspecified atom stereocenters. The number of rotatable bonds is 8. The Morgan fingerprint density at radius 2 is 1.94 bits per heavy atom. The number of nitrogens with zero attached hydrogens (tertiary/aromatic N) is 5. The summed E-state index contributed by atoms with van der Waals surface area (Å²) >= 11 is 1.46. The summed E-state index contributed by atoms with van der Waals surface area (Å²) in [6.45, 7) is 3.58. The third-order valence-electron chi connectivity index (χ3n) is 6.35. The molecule has 1 aliphatic rings. The first-order valence-electron chi connectivity index (χ1n) is 12.1. The molecule has 5 rings (SSSR count). The number of thiophene rings is 1. The van der Waals surface area contributed by atoms with Gasteiger partial charge in [0.05, 0.1) is 0 Å². The van der Waals surface area contributed by atoms with E-state index in [1.165, 1.54) is 16.1 Å². The molecule has 1 saturated carbocycles. The zero-order valence-corrected chi connectivity index (χ0v) is 21.1. The van der Waals surface area contributed by atoms with Crippen molar-refractivity contribution in [2.45, 2.75) is 58.2 Å². The van der Waals surface area contributed by atoms with Crippen molar-refractivity contribution >= 4 is 28.8 Å². The highest BCUT2D eigenvalue weighted by Gasteiger charge is 2.36. The number of hydrogen-bond acceptors (Lipinski definition) is 7. The molecule has 3 aromatic heterocycles. The number of tetrazole rings is 1. The van der Waals surface area contributed by atoms with Gasteiger partial charge in [0.15, 0.2) is 5.76 Å². The van der Waals surface area contributed by atoms with Crippen LogP contribution < -0.4 is 10.2 Å². The van der Waals surface area contributed by atoms with E-state index in [0.717, 1.165) is 41.9 Å². The van der Waals surface area contributed by atoms with Crippen LogP contribution in [0.15, 0.2) is 58.3 Å². The Labute approximate surface area is 213 Å². The molecule has 0 aliphatic heterocycles. The van der Waals surface area contributed by atoms with Gasteiger partial charge in [-0.25, -0.2) is 0 Å². The fraction of sp³-hybridized carbons (Fsp3) is 0.346. The van der Waals surface area contributed by atoms with Gasteiger partial charge in [-0.1, -0.05) is 37.1 Å². The van der Waals surface area contributed by atoms with E-state index in [0.29, 0.717) is 17.3 Å². The zero-order chi connectivity index (χ0) is 25.1. The number of hydrogen-bond donors (Lipinski definition) is 1. The number of carbonyl (C=O) groups excluding carboxylic acids is 2. The van der Waals surface area contributed by atoms with Crippen LogP contribution in [0, 0.1) is 13.8 Å². The molecule has 10 heteroatoms. The molecule has 36 heavy (non-hydrogen) atoms. The molecular formula is C26H28N6O3S. The molecule has 0 spiro atoms. The average molecular weight is 505 g/mol. The van der Waals surface area contributed by atoms with Crippen LogP contribution in [0.3, 0.4) is 0 Å². The van der Waals surface area contributed by atoms with Gasteiger partial charge < -0.3 is 9.73 Å². The molecule has 1 aliphatic carbocycles. The summed E-state index contributed by atoms with van der Waals surface area (Å²) < 4.78 is 5.58. The molecule has 2 amide bonds. The predicted octanol–water partition coefficient (Wildman–Crippen LogP) is 4.44. The van der Waals surface area contributed by atoms with E-state index in [2.05, 4.69) is 20.7 Å². The van der Waals surface area contributed by atoms with Crippen molar-refractivity contribution in [1.82, 2.24) is 25.5 Å². The van der Waals surface area contributed by atoms with Crippen LogP contribution in [-0.4, -0.2) is 38.1 Å². The van der Waals surface area contributed by atoms with Crippen LogP contribution >= 0.6 is 11.3 Å². The lowest BCUT2D eigenvalue weighted by molar-refractivity contribution is -0.127. The monoisotopic (exact) mass is 504 g/mol. The maximum atomic E-state index is 13.9. The standard InChI is InChI=1S/C26H28N6O3S/c1-17-8-3-6-11-20(17)32(23(33)16-31-29-25(28-30-31)21-14-13-18(2)35-21)24(22-12-7-15-36-22)26(34)27-19-9-4-5-10-19/h3,6-8,11-15,19,24H,4-5,9-10,16H2,1-2H3,(H,27,34)/t24-/m0/s1. The van der Waals surface area contributed by atoms with Crippen LogP contribution in [0.1, 0.15) is 47.9 Å².